The zero-order valence-electron chi connectivity index (χ0n) is 10.3. The van der Waals surface area contributed by atoms with Gasteiger partial charge in [-0.3, -0.25) is 5.32 Å². The topological polar surface area (TPSA) is 58.6 Å². The van der Waals surface area contributed by atoms with Crippen LogP contribution in [0.2, 0.25) is 0 Å². The Morgan fingerprint density at radius 3 is 1.84 bits per heavy atom. The van der Waals surface area contributed by atoms with Crippen LogP contribution in [0.5, 0.6) is 5.75 Å². The Balaban J connectivity index is 3.13. The molecular formula is C11H11F4NO3. The van der Waals surface area contributed by atoms with Gasteiger partial charge in [0.15, 0.2) is 17.4 Å². The molecular weight excluding hydrogens is 270 g/mol. The van der Waals surface area contributed by atoms with E-state index in [9.17, 15) is 22.4 Å². The number of phenols is 1. The van der Waals surface area contributed by atoms with Crippen molar-refractivity contribution >= 4 is 11.8 Å². The number of rotatable bonds is 1. The molecule has 8 heteroatoms. The zero-order valence-corrected chi connectivity index (χ0v) is 10.3. The highest BCUT2D eigenvalue weighted by molar-refractivity contribution is 5.85. The van der Waals surface area contributed by atoms with Crippen molar-refractivity contribution in [2.75, 3.05) is 5.32 Å². The maximum atomic E-state index is 13.3. The molecule has 0 unspecified atom stereocenters. The Bertz CT molecular complexity index is 497. The lowest BCUT2D eigenvalue weighted by Crippen LogP contribution is -2.28. The summed E-state index contributed by atoms with van der Waals surface area (Å²) in [6, 6.07) is 0. The van der Waals surface area contributed by atoms with Gasteiger partial charge < -0.3 is 9.84 Å². The fourth-order valence-electron chi connectivity index (χ4n) is 1.14. The van der Waals surface area contributed by atoms with Gasteiger partial charge in [-0.25, -0.2) is 13.6 Å². The predicted molar refractivity (Wildman–Crippen MR) is 57.8 cm³/mol. The molecule has 1 aromatic carbocycles. The van der Waals surface area contributed by atoms with Crippen LogP contribution in [-0.2, 0) is 4.74 Å². The highest BCUT2D eigenvalue weighted by atomic mass is 19.2. The number of hydrogen-bond donors (Lipinski definition) is 2. The lowest BCUT2D eigenvalue weighted by Gasteiger charge is -2.20. The van der Waals surface area contributed by atoms with Crippen LogP contribution >= 0.6 is 0 Å². The van der Waals surface area contributed by atoms with Crippen molar-refractivity contribution in [2.45, 2.75) is 26.4 Å². The number of nitrogens with one attached hydrogen (secondary N) is 1. The van der Waals surface area contributed by atoms with Crippen molar-refractivity contribution < 1.29 is 32.2 Å². The lowest BCUT2D eigenvalue weighted by atomic mass is 10.2. The molecule has 0 saturated carbocycles. The number of hydrogen-bond acceptors (Lipinski definition) is 3. The molecule has 0 spiro atoms. The van der Waals surface area contributed by atoms with E-state index in [2.05, 4.69) is 4.74 Å². The number of amides is 1. The average Bonchev–Trinajstić information content (AvgIpc) is 2.27. The summed E-state index contributed by atoms with van der Waals surface area (Å²) in [5.41, 5.74) is -2.34. The third-order valence-electron chi connectivity index (χ3n) is 1.87. The standard InChI is InChI=1S/C11H11F4NO3/c1-11(2,3)19-10(18)16-8-4(12)6(14)9(17)7(15)5(8)13/h17H,1-3H3,(H,16,18). The van der Waals surface area contributed by atoms with Gasteiger partial charge in [0.25, 0.3) is 0 Å². The number of benzene rings is 1. The number of anilines is 1. The summed E-state index contributed by atoms with van der Waals surface area (Å²) in [5.74, 6) is -9.68. The van der Waals surface area contributed by atoms with Crippen molar-refractivity contribution in [2.24, 2.45) is 0 Å². The maximum Gasteiger partial charge on any atom is 0.412 e. The Morgan fingerprint density at radius 2 is 1.47 bits per heavy atom. The molecule has 0 aliphatic rings. The maximum absolute atomic E-state index is 13.3. The molecule has 1 rings (SSSR count). The molecule has 0 fully saturated rings. The first-order chi connectivity index (χ1) is 8.54. The molecule has 0 aliphatic carbocycles. The predicted octanol–water partition coefficient (Wildman–Crippen LogP) is 3.30. The fourth-order valence-corrected chi connectivity index (χ4v) is 1.14. The van der Waals surface area contributed by atoms with Crippen molar-refractivity contribution in [1.82, 2.24) is 0 Å². The summed E-state index contributed by atoms with van der Waals surface area (Å²) in [4.78, 5) is 11.3. The van der Waals surface area contributed by atoms with Crippen molar-refractivity contribution in [3.8, 4) is 5.75 Å². The van der Waals surface area contributed by atoms with Gasteiger partial charge >= 0.3 is 6.09 Å². The average molecular weight is 281 g/mol. The van der Waals surface area contributed by atoms with Gasteiger partial charge in [-0.2, -0.15) is 8.78 Å². The molecule has 0 aromatic heterocycles. The number of phenolic OH excluding ortho intramolecular Hbond substituents is 1. The van der Waals surface area contributed by atoms with E-state index in [0.29, 0.717) is 0 Å². The van der Waals surface area contributed by atoms with Crippen LogP contribution in [0.1, 0.15) is 20.8 Å². The van der Waals surface area contributed by atoms with Gasteiger partial charge in [-0.15, -0.1) is 0 Å². The van der Waals surface area contributed by atoms with Gasteiger partial charge in [0.1, 0.15) is 11.3 Å². The minimum absolute atomic E-state index is 0.967. The summed E-state index contributed by atoms with van der Waals surface area (Å²) in [6.45, 7) is 4.45. The number of ether oxygens (including phenoxy) is 1. The van der Waals surface area contributed by atoms with E-state index in [1.165, 1.54) is 20.8 Å². The third-order valence-corrected chi connectivity index (χ3v) is 1.87. The fraction of sp³-hybridized carbons (Fsp3) is 0.364. The van der Waals surface area contributed by atoms with E-state index in [4.69, 9.17) is 5.11 Å². The van der Waals surface area contributed by atoms with Crippen LogP contribution in [0, 0.1) is 23.3 Å². The molecule has 0 heterocycles. The van der Waals surface area contributed by atoms with Crippen LogP contribution in [-0.4, -0.2) is 16.8 Å². The van der Waals surface area contributed by atoms with Gasteiger partial charge in [0.2, 0.25) is 11.6 Å². The number of carbonyl (C=O) groups is 1. The third kappa shape index (κ3) is 3.27. The van der Waals surface area contributed by atoms with E-state index in [1.807, 2.05) is 0 Å². The Kier molecular flexibility index (Phi) is 3.92. The SMILES string of the molecule is CC(C)(C)OC(=O)Nc1c(F)c(F)c(O)c(F)c1F. The van der Waals surface area contributed by atoms with E-state index in [1.54, 1.807) is 5.32 Å². The summed E-state index contributed by atoms with van der Waals surface area (Å²) >= 11 is 0. The summed E-state index contributed by atoms with van der Waals surface area (Å²) < 4.78 is 57.2. The minimum atomic E-state index is -2.01. The van der Waals surface area contributed by atoms with Gasteiger partial charge in [-0.05, 0) is 20.8 Å². The van der Waals surface area contributed by atoms with Gasteiger partial charge in [-0.1, -0.05) is 0 Å². The monoisotopic (exact) mass is 281 g/mol. The first-order valence-electron chi connectivity index (χ1n) is 5.09. The minimum Gasteiger partial charge on any atom is -0.503 e. The summed E-state index contributed by atoms with van der Waals surface area (Å²) in [5, 5.41) is 10.3. The highest BCUT2D eigenvalue weighted by Crippen LogP contribution is 2.32. The highest BCUT2D eigenvalue weighted by Gasteiger charge is 2.27. The molecule has 19 heavy (non-hydrogen) atoms. The number of aromatic hydroxyl groups is 1. The zero-order chi connectivity index (χ0) is 15.0. The normalized spacial score (nSPS) is 11.3. The Morgan fingerprint density at radius 1 is 1.05 bits per heavy atom. The molecule has 106 valence electrons. The van der Waals surface area contributed by atoms with E-state index in [0.717, 1.165) is 0 Å². The van der Waals surface area contributed by atoms with Crippen molar-refractivity contribution in [3.05, 3.63) is 23.3 Å². The molecule has 0 aliphatic heterocycles. The van der Waals surface area contributed by atoms with Crippen LogP contribution in [0.25, 0.3) is 0 Å². The second-order valence-corrected chi connectivity index (χ2v) is 4.61. The molecule has 0 saturated heterocycles. The van der Waals surface area contributed by atoms with Crippen LogP contribution in [0.15, 0.2) is 0 Å². The Labute approximate surface area is 106 Å². The molecule has 4 nitrogen and oxygen atoms in total. The molecule has 1 amide bonds. The van der Waals surface area contributed by atoms with E-state index in [-0.39, 0.29) is 0 Å². The second-order valence-electron chi connectivity index (χ2n) is 4.61. The van der Waals surface area contributed by atoms with Gasteiger partial charge in [0.05, 0.1) is 0 Å². The van der Waals surface area contributed by atoms with Crippen LogP contribution < -0.4 is 5.32 Å². The lowest BCUT2D eigenvalue weighted by molar-refractivity contribution is 0.0634. The number of halogens is 4. The van der Waals surface area contributed by atoms with Crippen LogP contribution in [0.3, 0.4) is 0 Å². The molecule has 0 atom stereocenters. The summed E-state index contributed by atoms with van der Waals surface area (Å²) in [6.07, 6.45) is -1.30. The van der Waals surface area contributed by atoms with Gasteiger partial charge in [0, 0.05) is 0 Å². The second kappa shape index (κ2) is 4.94. The molecule has 2 N–H and O–H groups in total. The van der Waals surface area contributed by atoms with E-state index < -0.39 is 46.4 Å². The molecule has 1 aromatic rings. The number of carbonyl (C=O) groups excluding carboxylic acids is 1. The molecule has 0 bridgehead atoms. The largest absolute Gasteiger partial charge is 0.503 e. The molecule has 0 radical (unpaired) electrons. The smallest absolute Gasteiger partial charge is 0.412 e. The van der Waals surface area contributed by atoms with Crippen molar-refractivity contribution in [1.29, 1.82) is 0 Å². The van der Waals surface area contributed by atoms with E-state index >= 15 is 0 Å². The first-order valence-corrected chi connectivity index (χ1v) is 5.09. The first kappa shape index (κ1) is 15.1. The summed E-state index contributed by atoms with van der Waals surface area (Å²) in [7, 11) is 0. The van der Waals surface area contributed by atoms with Crippen LogP contribution in [0.4, 0.5) is 28.0 Å². The Hall–Kier alpha value is -1.99. The van der Waals surface area contributed by atoms with Crippen molar-refractivity contribution in [3.63, 3.8) is 0 Å². The quantitative estimate of drug-likeness (QED) is 0.472.